The van der Waals surface area contributed by atoms with Crippen LogP contribution in [0.3, 0.4) is 0 Å². The van der Waals surface area contributed by atoms with E-state index in [9.17, 15) is 14.9 Å². The highest BCUT2D eigenvalue weighted by Gasteiger charge is 2.54. The molecule has 0 aromatic rings. The van der Waals surface area contributed by atoms with Crippen LogP contribution in [0, 0.1) is 39.2 Å². The molecule has 0 aromatic heterocycles. The Morgan fingerprint density at radius 2 is 1.67 bits per heavy atom. The van der Waals surface area contributed by atoms with Crippen molar-refractivity contribution in [2.45, 2.75) is 57.4 Å². The monoisotopic (exact) mass is 292 g/mol. The summed E-state index contributed by atoms with van der Waals surface area (Å²) in [5.74, 6) is 2.36. The smallest absolute Gasteiger partial charge is 0.230 e. The molecule has 0 radical (unpaired) electrons. The van der Waals surface area contributed by atoms with Crippen LogP contribution in [0.25, 0.3) is 0 Å². The van der Waals surface area contributed by atoms with Gasteiger partial charge in [0.25, 0.3) is 0 Å². The quantitative estimate of drug-likeness (QED) is 0.624. The van der Waals surface area contributed by atoms with Crippen LogP contribution in [-0.4, -0.2) is 23.4 Å². The number of carbonyl (C=O) groups is 1. The fourth-order valence-corrected chi connectivity index (χ4v) is 5.87. The predicted molar refractivity (Wildman–Crippen MR) is 77.1 cm³/mol. The van der Waals surface area contributed by atoms with Crippen LogP contribution in [0.5, 0.6) is 0 Å². The molecule has 5 nitrogen and oxygen atoms in total. The first-order chi connectivity index (χ1) is 10.0. The molecule has 5 saturated carbocycles. The van der Waals surface area contributed by atoms with Crippen molar-refractivity contribution in [3.8, 4) is 0 Å². The second kappa shape index (κ2) is 4.68. The fraction of sp³-hybridized carbons (Fsp3) is 0.938. The van der Waals surface area contributed by atoms with Crippen molar-refractivity contribution < 1.29 is 9.72 Å². The number of nitro groups is 1. The van der Waals surface area contributed by atoms with Crippen molar-refractivity contribution >= 4 is 5.91 Å². The number of hydrogen-bond acceptors (Lipinski definition) is 3. The molecule has 0 heterocycles. The van der Waals surface area contributed by atoms with E-state index in [2.05, 4.69) is 5.32 Å². The number of amides is 1. The van der Waals surface area contributed by atoms with E-state index in [0.717, 1.165) is 24.2 Å². The standard InChI is InChI=1S/C16H24N2O3/c19-15(13-6-14(13)18(20)21)17-2-1-16-7-10-3-11(8-16)5-12(4-10)9-16/h10-14H,1-9H2,(H,17,19)/t10?,11?,12?,13-,14-,16?/m1/s1. The van der Waals surface area contributed by atoms with Gasteiger partial charge in [-0.3, -0.25) is 14.9 Å². The van der Waals surface area contributed by atoms with Gasteiger partial charge in [0.1, 0.15) is 5.92 Å². The molecule has 5 rings (SSSR count). The lowest BCUT2D eigenvalue weighted by molar-refractivity contribution is -0.497. The predicted octanol–water partition coefficient (Wildman–Crippen LogP) is 2.37. The van der Waals surface area contributed by atoms with Gasteiger partial charge in [0, 0.05) is 17.9 Å². The van der Waals surface area contributed by atoms with Crippen molar-refractivity contribution in [1.29, 1.82) is 0 Å². The summed E-state index contributed by atoms with van der Waals surface area (Å²) >= 11 is 0. The zero-order valence-corrected chi connectivity index (χ0v) is 12.4. The molecule has 5 heteroatoms. The number of carbonyl (C=O) groups excluding carboxylic acids is 1. The van der Waals surface area contributed by atoms with E-state index in [1.807, 2.05) is 0 Å². The Labute approximate surface area is 125 Å². The Morgan fingerprint density at radius 1 is 1.10 bits per heavy atom. The second-order valence-electron chi connectivity index (χ2n) is 8.15. The van der Waals surface area contributed by atoms with E-state index >= 15 is 0 Å². The van der Waals surface area contributed by atoms with Gasteiger partial charge in [0.05, 0.1) is 0 Å². The third-order valence-corrected chi connectivity index (χ3v) is 6.48. The van der Waals surface area contributed by atoms with Gasteiger partial charge < -0.3 is 5.32 Å². The molecule has 1 amide bonds. The molecule has 0 aliphatic heterocycles. The third-order valence-electron chi connectivity index (χ3n) is 6.48. The molecule has 0 aromatic carbocycles. The maximum atomic E-state index is 11.9. The van der Waals surface area contributed by atoms with Gasteiger partial charge in [-0.05, 0) is 68.1 Å². The highest BCUT2D eigenvalue weighted by Crippen LogP contribution is 2.61. The lowest BCUT2D eigenvalue weighted by Crippen LogP contribution is -2.47. The Kier molecular flexibility index (Phi) is 3.02. The topological polar surface area (TPSA) is 72.2 Å². The van der Waals surface area contributed by atoms with E-state index < -0.39 is 6.04 Å². The Hall–Kier alpha value is -1.13. The van der Waals surface area contributed by atoms with Gasteiger partial charge in [-0.2, -0.15) is 0 Å². The average Bonchev–Trinajstić information content (AvgIpc) is 3.16. The van der Waals surface area contributed by atoms with E-state index in [1.165, 1.54) is 38.5 Å². The molecule has 0 unspecified atom stereocenters. The molecule has 1 N–H and O–H groups in total. The largest absolute Gasteiger partial charge is 0.356 e. The van der Waals surface area contributed by atoms with Crippen LogP contribution in [-0.2, 0) is 4.79 Å². The maximum absolute atomic E-state index is 11.9. The normalized spacial score (nSPS) is 46.4. The summed E-state index contributed by atoms with van der Waals surface area (Å²) in [5, 5.41) is 13.6. The van der Waals surface area contributed by atoms with E-state index in [4.69, 9.17) is 0 Å². The zero-order chi connectivity index (χ0) is 14.6. The van der Waals surface area contributed by atoms with Gasteiger partial charge in [0.15, 0.2) is 0 Å². The summed E-state index contributed by atoms with van der Waals surface area (Å²) in [4.78, 5) is 22.2. The summed E-state index contributed by atoms with van der Waals surface area (Å²) in [6.45, 7) is 0.714. The van der Waals surface area contributed by atoms with Crippen molar-refractivity contribution in [2.24, 2.45) is 29.1 Å². The van der Waals surface area contributed by atoms with Crippen molar-refractivity contribution in [3.05, 3.63) is 10.1 Å². The summed E-state index contributed by atoms with van der Waals surface area (Å²) in [6.07, 6.45) is 9.91. The molecular weight excluding hydrogens is 268 g/mol. The fourth-order valence-electron chi connectivity index (χ4n) is 5.87. The molecule has 5 aliphatic carbocycles. The Balaban J connectivity index is 1.28. The van der Waals surface area contributed by atoms with Crippen LogP contribution in [0.1, 0.15) is 51.4 Å². The van der Waals surface area contributed by atoms with Crippen molar-refractivity contribution in [1.82, 2.24) is 5.32 Å². The number of rotatable bonds is 5. The maximum Gasteiger partial charge on any atom is 0.230 e. The highest BCUT2D eigenvalue weighted by atomic mass is 16.6. The molecule has 0 saturated heterocycles. The molecule has 5 aliphatic rings. The van der Waals surface area contributed by atoms with Crippen molar-refractivity contribution in [2.75, 3.05) is 6.54 Å². The highest BCUT2D eigenvalue weighted by molar-refractivity contribution is 5.81. The lowest BCUT2D eigenvalue weighted by Gasteiger charge is -2.57. The van der Waals surface area contributed by atoms with Gasteiger partial charge in [0.2, 0.25) is 11.9 Å². The molecule has 4 bridgehead atoms. The first kappa shape index (κ1) is 13.5. The van der Waals surface area contributed by atoms with E-state index in [0.29, 0.717) is 18.4 Å². The van der Waals surface area contributed by atoms with Gasteiger partial charge in [-0.15, -0.1) is 0 Å². The van der Waals surface area contributed by atoms with Gasteiger partial charge in [-0.1, -0.05) is 0 Å². The van der Waals surface area contributed by atoms with E-state index in [1.54, 1.807) is 0 Å². The summed E-state index contributed by atoms with van der Waals surface area (Å²) in [6, 6.07) is -0.621. The summed E-state index contributed by atoms with van der Waals surface area (Å²) in [7, 11) is 0. The minimum Gasteiger partial charge on any atom is -0.356 e. The van der Waals surface area contributed by atoms with Crippen LogP contribution < -0.4 is 5.32 Å². The first-order valence-electron chi connectivity index (χ1n) is 8.46. The van der Waals surface area contributed by atoms with Crippen LogP contribution in [0.15, 0.2) is 0 Å². The van der Waals surface area contributed by atoms with Gasteiger partial charge >= 0.3 is 0 Å². The van der Waals surface area contributed by atoms with Crippen LogP contribution >= 0.6 is 0 Å². The minimum absolute atomic E-state index is 0.0959. The number of hydrogen-bond donors (Lipinski definition) is 1. The van der Waals surface area contributed by atoms with Gasteiger partial charge in [-0.25, -0.2) is 0 Å². The lowest BCUT2D eigenvalue weighted by atomic mass is 9.49. The molecule has 21 heavy (non-hydrogen) atoms. The Morgan fingerprint density at radius 3 is 2.14 bits per heavy atom. The van der Waals surface area contributed by atoms with E-state index in [-0.39, 0.29) is 16.7 Å². The summed E-state index contributed by atoms with van der Waals surface area (Å²) < 4.78 is 0. The number of nitrogens with one attached hydrogen (secondary N) is 1. The molecule has 2 atom stereocenters. The minimum atomic E-state index is -0.621. The zero-order valence-electron chi connectivity index (χ0n) is 12.4. The summed E-state index contributed by atoms with van der Waals surface area (Å²) in [5.41, 5.74) is 0.480. The van der Waals surface area contributed by atoms with Crippen LogP contribution in [0.2, 0.25) is 0 Å². The molecular formula is C16H24N2O3. The average molecular weight is 292 g/mol. The molecule has 5 fully saturated rings. The SMILES string of the molecule is O=C(NCCC12CC3CC(CC(C3)C1)C2)[C@@H]1C[C@H]1[N+](=O)[O-]. The second-order valence-corrected chi connectivity index (χ2v) is 8.15. The third kappa shape index (κ3) is 2.44. The van der Waals surface area contributed by atoms with Crippen molar-refractivity contribution in [3.63, 3.8) is 0 Å². The molecule has 116 valence electrons. The Bertz CT molecular complexity index is 441. The van der Waals surface area contributed by atoms with Crippen LogP contribution in [0.4, 0.5) is 0 Å². The first-order valence-corrected chi connectivity index (χ1v) is 8.46. The number of nitrogens with zero attached hydrogens (tertiary/aromatic N) is 1. The molecule has 0 spiro atoms.